The molecule has 0 spiro atoms. The summed E-state index contributed by atoms with van der Waals surface area (Å²) in [4.78, 5) is 26.9. The summed E-state index contributed by atoms with van der Waals surface area (Å²) in [5.74, 6) is -0.840. The van der Waals surface area contributed by atoms with E-state index < -0.39 is 27.8 Å². The molecule has 1 heterocycles. The second-order valence-electron chi connectivity index (χ2n) is 8.82. The maximum absolute atomic E-state index is 13.2. The van der Waals surface area contributed by atoms with E-state index in [1.807, 2.05) is 49.6 Å². The SMILES string of the molecule is CSCC[C@H](NC(=O)c1ccc(CN2CC[C@@H](S(C)(=O)=O)C2)cc1-c1ccccc1C)C(=O)O. The van der Waals surface area contributed by atoms with E-state index in [2.05, 4.69) is 10.2 Å². The first kappa shape index (κ1) is 26.2. The van der Waals surface area contributed by atoms with E-state index in [0.29, 0.717) is 43.8 Å². The third-order valence-electron chi connectivity index (χ3n) is 6.22. The lowest BCUT2D eigenvalue weighted by molar-refractivity contribution is -0.139. The van der Waals surface area contributed by atoms with Gasteiger partial charge in [0.2, 0.25) is 0 Å². The first-order valence-corrected chi connectivity index (χ1v) is 14.6. The van der Waals surface area contributed by atoms with Crippen molar-refractivity contribution in [3.05, 3.63) is 59.2 Å². The number of hydrogen-bond acceptors (Lipinski definition) is 6. The lowest BCUT2D eigenvalue weighted by atomic mass is 9.93. The number of aliphatic carboxylic acids is 1. The fraction of sp³-hybridized carbons (Fsp3) is 0.440. The van der Waals surface area contributed by atoms with Crippen LogP contribution in [0.1, 0.15) is 34.3 Å². The lowest BCUT2D eigenvalue weighted by Gasteiger charge is -2.20. The van der Waals surface area contributed by atoms with Gasteiger partial charge in [0.15, 0.2) is 9.84 Å². The summed E-state index contributed by atoms with van der Waals surface area (Å²) in [6, 6.07) is 12.4. The molecule has 34 heavy (non-hydrogen) atoms. The van der Waals surface area contributed by atoms with Gasteiger partial charge in [-0.1, -0.05) is 30.3 Å². The molecule has 1 saturated heterocycles. The quantitative estimate of drug-likeness (QED) is 0.512. The zero-order valence-electron chi connectivity index (χ0n) is 19.8. The minimum absolute atomic E-state index is 0.344. The van der Waals surface area contributed by atoms with Crippen LogP contribution in [-0.4, -0.2) is 72.9 Å². The molecule has 1 fully saturated rings. The van der Waals surface area contributed by atoms with Gasteiger partial charge in [0, 0.05) is 24.9 Å². The van der Waals surface area contributed by atoms with Crippen molar-refractivity contribution in [3.8, 4) is 11.1 Å². The Balaban J connectivity index is 1.90. The van der Waals surface area contributed by atoms with Crippen LogP contribution in [0.2, 0.25) is 0 Å². The summed E-state index contributed by atoms with van der Waals surface area (Å²) in [7, 11) is -3.07. The van der Waals surface area contributed by atoms with E-state index in [0.717, 1.165) is 22.3 Å². The van der Waals surface area contributed by atoms with Gasteiger partial charge >= 0.3 is 5.97 Å². The van der Waals surface area contributed by atoms with E-state index >= 15 is 0 Å². The number of benzene rings is 2. The van der Waals surface area contributed by atoms with Gasteiger partial charge in [-0.15, -0.1) is 0 Å². The Labute approximate surface area is 205 Å². The van der Waals surface area contributed by atoms with Gasteiger partial charge in [0.1, 0.15) is 6.04 Å². The van der Waals surface area contributed by atoms with Crippen LogP contribution in [0.3, 0.4) is 0 Å². The van der Waals surface area contributed by atoms with E-state index in [4.69, 9.17) is 0 Å². The maximum Gasteiger partial charge on any atom is 0.326 e. The van der Waals surface area contributed by atoms with Crippen LogP contribution in [0.5, 0.6) is 0 Å². The molecule has 1 amide bonds. The predicted molar refractivity (Wildman–Crippen MR) is 137 cm³/mol. The third kappa shape index (κ3) is 6.61. The van der Waals surface area contributed by atoms with Crippen LogP contribution in [0, 0.1) is 6.92 Å². The molecule has 0 radical (unpaired) electrons. The van der Waals surface area contributed by atoms with Gasteiger partial charge in [-0.05, 0) is 72.7 Å². The molecular formula is C25H32N2O5S2. The summed E-state index contributed by atoms with van der Waals surface area (Å²) in [6.45, 7) is 3.75. The summed E-state index contributed by atoms with van der Waals surface area (Å²) in [5.41, 5.74) is 4.04. The molecule has 0 unspecified atom stereocenters. The number of amides is 1. The van der Waals surface area contributed by atoms with Crippen LogP contribution in [0.4, 0.5) is 0 Å². The van der Waals surface area contributed by atoms with Crippen molar-refractivity contribution >= 4 is 33.5 Å². The number of carboxylic acid groups (broad SMARTS) is 1. The zero-order valence-corrected chi connectivity index (χ0v) is 21.4. The summed E-state index contributed by atoms with van der Waals surface area (Å²) >= 11 is 1.53. The maximum atomic E-state index is 13.2. The summed E-state index contributed by atoms with van der Waals surface area (Å²) in [5, 5.41) is 11.9. The molecule has 2 aromatic rings. The second kappa shape index (κ2) is 11.4. The van der Waals surface area contributed by atoms with E-state index in [1.165, 1.54) is 18.0 Å². The van der Waals surface area contributed by atoms with Crippen LogP contribution in [-0.2, 0) is 21.2 Å². The van der Waals surface area contributed by atoms with E-state index in [-0.39, 0.29) is 5.25 Å². The van der Waals surface area contributed by atoms with Gasteiger partial charge in [-0.3, -0.25) is 9.69 Å². The normalized spacial score (nSPS) is 17.4. The van der Waals surface area contributed by atoms with Crippen molar-refractivity contribution in [2.24, 2.45) is 0 Å². The average Bonchev–Trinajstić information content (AvgIpc) is 3.25. The number of likely N-dealkylation sites (tertiary alicyclic amines) is 1. The van der Waals surface area contributed by atoms with Crippen molar-refractivity contribution in [2.45, 2.75) is 37.6 Å². The van der Waals surface area contributed by atoms with Gasteiger partial charge in [0.05, 0.1) is 5.25 Å². The Bertz CT molecular complexity index is 1150. The van der Waals surface area contributed by atoms with Crippen molar-refractivity contribution in [3.63, 3.8) is 0 Å². The molecule has 9 heteroatoms. The van der Waals surface area contributed by atoms with Crippen molar-refractivity contribution in [2.75, 3.05) is 31.4 Å². The van der Waals surface area contributed by atoms with Crippen molar-refractivity contribution in [1.29, 1.82) is 0 Å². The van der Waals surface area contributed by atoms with E-state index in [9.17, 15) is 23.1 Å². The first-order chi connectivity index (χ1) is 16.1. The van der Waals surface area contributed by atoms with Gasteiger partial charge in [-0.25, -0.2) is 13.2 Å². The predicted octanol–water partition coefficient (Wildman–Crippen LogP) is 3.22. The van der Waals surface area contributed by atoms with Crippen LogP contribution >= 0.6 is 11.8 Å². The number of nitrogens with one attached hydrogen (secondary N) is 1. The Morgan fingerprint density at radius 1 is 1.21 bits per heavy atom. The van der Waals surface area contributed by atoms with Crippen LogP contribution < -0.4 is 5.32 Å². The lowest BCUT2D eigenvalue weighted by Crippen LogP contribution is -2.41. The van der Waals surface area contributed by atoms with Gasteiger partial charge in [-0.2, -0.15) is 11.8 Å². The molecule has 1 aliphatic rings. The smallest absolute Gasteiger partial charge is 0.326 e. The minimum Gasteiger partial charge on any atom is -0.480 e. The number of carboxylic acids is 1. The Hall–Kier alpha value is -2.36. The van der Waals surface area contributed by atoms with Crippen molar-refractivity contribution < 1.29 is 23.1 Å². The average molecular weight is 505 g/mol. The number of sulfone groups is 1. The number of carbonyl (C=O) groups is 2. The number of aryl methyl sites for hydroxylation is 1. The highest BCUT2D eigenvalue weighted by molar-refractivity contribution is 7.98. The highest BCUT2D eigenvalue weighted by Crippen LogP contribution is 2.29. The molecule has 2 N–H and O–H groups in total. The Morgan fingerprint density at radius 2 is 1.94 bits per heavy atom. The minimum atomic E-state index is -3.07. The molecule has 0 aromatic heterocycles. The number of nitrogens with zero attached hydrogens (tertiary/aromatic N) is 1. The molecule has 0 bridgehead atoms. The Morgan fingerprint density at radius 3 is 2.56 bits per heavy atom. The largest absolute Gasteiger partial charge is 0.480 e. The molecule has 184 valence electrons. The van der Waals surface area contributed by atoms with Crippen molar-refractivity contribution in [1.82, 2.24) is 10.2 Å². The second-order valence-corrected chi connectivity index (χ2v) is 12.1. The molecule has 2 aromatic carbocycles. The van der Waals surface area contributed by atoms with Gasteiger partial charge < -0.3 is 10.4 Å². The fourth-order valence-electron chi connectivity index (χ4n) is 4.26. The van der Waals surface area contributed by atoms with Crippen LogP contribution in [0.25, 0.3) is 11.1 Å². The summed E-state index contributed by atoms with van der Waals surface area (Å²) < 4.78 is 23.8. The molecule has 0 aliphatic carbocycles. The third-order valence-corrected chi connectivity index (χ3v) is 8.46. The molecule has 0 saturated carbocycles. The number of hydrogen-bond donors (Lipinski definition) is 2. The standard InChI is InChI=1S/C25H32N2O5S2/c1-17-6-4-5-7-20(17)22-14-18(15-27-12-10-19(16-27)34(3,31)32)8-9-21(22)24(28)26-23(25(29)30)11-13-33-2/h4-9,14,19,23H,10-13,15-16H2,1-3H3,(H,26,28)(H,29,30)/t19-,23+/m1/s1. The number of thioether (sulfide) groups is 1. The summed E-state index contributed by atoms with van der Waals surface area (Å²) in [6.07, 6.45) is 4.15. The highest BCUT2D eigenvalue weighted by atomic mass is 32.2. The van der Waals surface area contributed by atoms with E-state index in [1.54, 1.807) is 6.07 Å². The molecule has 1 aliphatic heterocycles. The Kier molecular flexibility index (Phi) is 8.78. The molecule has 3 rings (SSSR count). The monoisotopic (exact) mass is 504 g/mol. The molecular weight excluding hydrogens is 472 g/mol. The van der Waals surface area contributed by atoms with Crippen LogP contribution in [0.15, 0.2) is 42.5 Å². The number of carbonyl (C=O) groups excluding carboxylic acids is 1. The number of rotatable bonds is 10. The topological polar surface area (TPSA) is 104 Å². The first-order valence-electron chi connectivity index (χ1n) is 11.2. The zero-order chi connectivity index (χ0) is 24.9. The fourth-order valence-corrected chi connectivity index (χ4v) is 5.75. The molecule has 7 nitrogen and oxygen atoms in total. The van der Waals surface area contributed by atoms with Gasteiger partial charge in [0.25, 0.3) is 5.91 Å². The molecule has 2 atom stereocenters. The highest BCUT2D eigenvalue weighted by Gasteiger charge is 2.30.